The Balaban J connectivity index is 3.22. The molecule has 1 unspecified atom stereocenters. The first-order chi connectivity index (χ1) is 9.42. The summed E-state index contributed by atoms with van der Waals surface area (Å²) >= 11 is 6.15. The highest BCUT2D eigenvalue weighted by Gasteiger charge is 2.23. The number of benzene rings is 1. The van der Waals surface area contributed by atoms with E-state index in [-0.39, 0.29) is 17.8 Å². The van der Waals surface area contributed by atoms with Crippen LogP contribution in [-0.2, 0) is 4.79 Å². The molecule has 0 fully saturated rings. The summed E-state index contributed by atoms with van der Waals surface area (Å²) in [6.07, 6.45) is 3.13. The van der Waals surface area contributed by atoms with Gasteiger partial charge in [-0.15, -0.1) is 0 Å². The average molecular weight is 300 g/mol. The van der Waals surface area contributed by atoms with Crippen LogP contribution < -0.4 is 4.90 Å². The van der Waals surface area contributed by atoms with Crippen molar-refractivity contribution in [1.82, 2.24) is 0 Å². The number of rotatable bonds is 6. The molecule has 1 atom stereocenters. The molecule has 1 amide bonds. The molecule has 0 aliphatic rings. The number of hydrogen-bond acceptors (Lipinski definition) is 1. The van der Waals surface area contributed by atoms with E-state index < -0.39 is 0 Å². The van der Waals surface area contributed by atoms with Crippen LogP contribution in [0.5, 0.6) is 0 Å². The Bertz CT molecular complexity index is 476. The summed E-state index contributed by atoms with van der Waals surface area (Å²) in [6, 6.07) is 3.01. The van der Waals surface area contributed by atoms with E-state index in [4.69, 9.17) is 11.6 Å². The van der Waals surface area contributed by atoms with E-state index in [1.807, 2.05) is 13.8 Å². The summed E-state index contributed by atoms with van der Waals surface area (Å²) in [5.41, 5.74) is 1.12. The first-order valence-electron chi connectivity index (χ1n) is 7.20. The van der Waals surface area contributed by atoms with Gasteiger partial charge in [-0.25, -0.2) is 4.39 Å². The van der Waals surface area contributed by atoms with Gasteiger partial charge in [0.15, 0.2) is 0 Å². The minimum absolute atomic E-state index is 0.0429. The lowest BCUT2D eigenvalue weighted by Gasteiger charge is -2.30. The van der Waals surface area contributed by atoms with Gasteiger partial charge < -0.3 is 4.90 Å². The van der Waals surface area contributed by atoms with Crippen LogP contribution in [-0.4, -0.2) is 11.9 Å². The zero-order chi connectivity index (χ0) is 15.3. The van der Waals surface area contributed by atoms with Gasteiger partial charge in [0.2, 0.25) is 5.91 Å². The standard InChI is InChI=1S/C16H23ClFNO/c1-5-7-12(4)19(16(20)8-6-2)15-9-11(3)14(18)10-13(15)17/h9-10,12H,5-8H2,1-4H3. The number of carbonyl (C=O) groups is 1. The third-order valence-corrected chi connectivity index (χ3v) is 3.67. The summed E-state index contributed by atoms with van der Waals surface area (Å²) < 4.78 is 13.5. The largest absolute Gasteiger partial charge is 0.308 e. The molecule has 0 saturated heterocycles. The summed E-state index contributed by atoms with van der Waals surface area (Å²) in [5, 5.41) is 0.292. The normalized spacial score (nSPS) is 12.3. The molecule has 0 aliphatic carbocycles. The van der Waals surface area contributed by atoms with E-state index in [2.05, 4.69) is 6.92 Å². The Morgan fingerprint density at radius 3 is 2.55 bits per heavy atom. The fourth-order valence-electron chi connectivity index (χ4n) is 2.33. The van der Waals surface area contributed by atoms with Crippen molar-refractivity contribution in [3.05, 3.63) is 28.5 Å². The van der Waals surface area contributed by atoms with Gasteiger partial charge in [0.25, 0.3) is 0 Å². The molecule has 2 nitrogen and oxygen atoms in total. The second kappa shape index (κ2) is 7.63. The molecule has 0 radical (unpaired) electrons. The lowest BCUT2D eigenvalue weighted by atomic mass is 10.1. The van der Waals surface area contributed by atoms with Gasteiger partial charge in [0.1, 0.15) is 5.82 Å². The Kier molecular flexibility index (Phi) is 6.47. The third kappa shape index (κ3) is 3.95. The van der Waals surface area contributed by atoms with Crippen LogP contribution in [0.25, 0.3) is 0 Å². The number of anilines is 1. The van der Waals surface area contributed by atoms with Crippen molar-refractivity contribution in [3.63, 3.8) is 0 Å². The van der Waals surface area contributed by atoms with Gasteiger partial charge in [-0.3, -0.25) is 4.79 Å². The summed E-state index contributed by atoms with van der Waals surface area (Å²) in [7, 11) is 0. The lowest BCUT2D eigenvalue weighted by molar-refractivity contribution is -0.119. The van der Waals surface area contributed by atoms with E-state index in [9.17, 15) is 9.18 Å². The maximum absolute atomic E-state index is 13.5. The molecule has 0 bridgehead atoms. The Morgan fingerprint density at radius 2 is 2.00 bits per heavy atom. The predicted molar refractivity (Wildman–Crippen MR) is 82.9 cm³/mol. The molecule has 4 heteroatoms. The smallest absolute Gasteiger partial charge is 0.227 e. The van der Waals surface area contributed by atoms with Gasteiger partial charge in [0.05, 0.1) is 10.7 Å². The molecule has 0 saturated carbocycles. The second-order valence-electron chi connectivity index (χ2n) is 5.20. The molecule has 20 heavy (non-hydrogen) atoms. The first kappa shape index (κ1) is 17.0. The van der Waals surface area contributed by atoms with Gasteiger partial charge in [-0.05, 0) is 44.4 Å². The molecule has 0 heterocycles. The van der Waals surface area contributed by atoms with Crippen molar-refractivity contribution in [2.24, 2.45) is 0 Å². The number of halogens is 2. The van der Waals surface area contributed by atoms with Crippen molar-refractivity contribution in [2.75, 3.05) is 4.90 Å². The summed E-state index contributed by atoms with van der Waals surface area (Å²) in [5.74, 6) is -0.300. The van der Waals surface area contributed by atoms with E-state index in [0.717, 1.165) is 19.3 Å². The minimum atomic E-state index is -0.343. The van der Waals surface area contributed by atoms with Crippen LogP contribution in [0, 0.1) is 12.7 Å². The van der Waals surface area contributed by atoms with Gasteiger partial charge >= 0.3 is 0 Å². The maximum Gasteiger partial charge on any atom is 0.227 e. The number of carbonyl (C=O) groups excluding carboxylic acids is 1. The number of nitrogens with zero attached hydrogens (tertiary/aromatic N) is 1. The quantitative estimate of drug-likeness (QED) is 0.715. The molecule has 0 N–H and O–H groups in total. The van der Waals surface area contributed by atoms with E-state index in [0.29, 0.717) is 22.7 Å². The monoisotopic (exact) mass is 299 g/mol. The van der Waals surface area contributed by atoms with Crippen molar-refractivity contribution >= 4 is 23.2 Å². The first-order valence-corrected chi connectivity index (χ1v) is 7.57. The fourth-order valence-corrected chi connectivity index (χ4v) is 2.57. The summed E-state index contributed by atoms with van der Waals surface area (Å²) in [4.78, 5) is 14.1. The average Bonchev–Trinajstić information content (AvgIpc) is 2.36. The second-order valence-corrected chi connectivity index (χ2v) is 5.61. The molecule has 1 rings (SSSR count). The lowest BCUT2D eigenvalue weighted by Crippen LogP contribution is -2.38. The SMILES string of the molecule is CCCC(=O)N(c1cc(C)c(F)cc1Cl)C(C)CCC. The Labute approximate surface area is 125 Å². The molecule has 0 aromatic heterocycles. The summed E-state index contributed by atoms with van der Waals surface area (Å²) in [6.45, 7) is 7.74. The zero-order valence-electron chi connectivity index (χ0n) is 12.7. The van der Waals surface area contributed by atoms with Crippen LogP contribution in [0.2, 0.25) is 5.02 Å². The van der Waals surface area contributed by atoms with Crippen molar-refractivity contribution < 1.29 is 9.18 Å². The molecule has 0 aliphatic heterocycles. The molecule has 1 aromatic rings. The minimum Gasteiger partial charge on any atom is -0.308 e. The van der Waals surface area contributed by atoms with E-state index in [1.54, 1.807) is 17.9 Å². The van der Waals surface area contributed by atoms with Crippen LogP contribution in [0.15, 0.2) is 12.1 Å². The maximum atomic E-state index is 13.5. The highest BCUT2D eigenvalue weighted by molar-refractivity contribution is 6.33. The Hall–Kier alpha value is -1.09. The van der Waals surface area contributed by atoms with Gasteiger partial charge in [0, 0.05) is 12.5 Å². The van der Waals surface area contributed by atoms with Crippen LogP contribution >= 0.6 is 11.6 Å². The van der Waals surface area contributed by atoms with Crippen molar-refractivity contribution in [2.45, 2.75) is 59.4 Å². The number of aryl methyl sites for hydroxylation is 1. The van der Waals surface area contributed by atoms with Gasteiger partial charge in [-0.1, -0.05) is 31.9 Å². The Morgan fingerprint density at radius 1 is 1.35 bits per heavy atom. The highest BCUT2D eigenvalue weighted by atomic mass is 35.5. The molecular weight excluding hydrogens is 277 g/mol. The van der Waals surface area contributed by atoms with Gasteiger partial charge in [-0.2, -0.15) is 0 Å². The fraction of sp³-hybridized carbons (Fsp3) is 0.562. The van der Waals surface area contributed by atoms with E-state index >= 15 is 0 Å². The topological polar surface area (TPSA) is 20.3 Å². The molecule has 0 spiro atoms. The highest BCUT2D eigenvalue weighted by Crippen LogP contribution is 2.31. The number of hydrogen-bond donors (Lipinski definition) is 0. The molecular formula is C16H23ClFNO. The van der Waals surface area contributed by atoms with Crippen LogP contribution in [0.3, 0.4) is 0 Å². The molecule has 1 aromatic carbocycles. The number of amides is 1. The van der Waals surface area contributed by atoms with Crippen molar-refractivity contribution in [3.8, 4) is 0 Å². The third-order valence-electron chi connectivity index (χ3n) is 3.37. The van der Waals surface area contributed by atoms with E-state index in [1.165, 1.54) is 6.07 Å². The van der Waals surface area contributed by atoms with Crippen LogP contribution in [0.1, 0.15) is 52.0 Å². The zero-order valence-corrected chi connectivity index (χ0v) is 13.4. The predicted octanol–water partition coefficient (Wildman–Crippen LogP) is 5.11. The van der Waals surface area contributed by atoms with Crippen molar-refractivity contribution in [1.29, 1.82) is 0 Å². The van der Waals surface area contributed by atoms with Crippen LogP contribution in [0.4, 0.5) is 10.1 Å². The molecule has 112 valence electrons.